The fourth-order valence-electron chi connectivity index (χ4n) is 2.09. The van der Waals surface area contributed by atoms with E-state index in [4.69, 9.17) is 0 Å². The molecule has 1 amide bonds. The van der Waals surface area contributed by atoms with Gasteiger partial charge < -0.3 is 15.4 Å². The van der Waals surface area contributed by atoms with Crippen LogP contribution in [0.25, 0.3) is 0 Å². The number of aryl methyl sites for hydroxylation is 1. The summed E-state index contributed by atoms with van der Waals surface area (Å²) in [4.78, 5) is 11.9. The first-order valence-corrected chi connectivity index (χ1v) is 7.64. The van der Waals surface area contributed by atoms with E-state index in [1.165, 1.54) is 12.1 Å². The first-order chi connectivity index (χ1) is 11.5. The highest BCUT2D eigenvalue weighted by Gasteiger charge is 2.04. The van der Waals surface area contributed by atoms with Crippen LogP contribution in [0.5, 0.6) is 5.75 Å². The van der Waals surface area contributed by atoms with Crippen LogP contribution < -0.4 is 15.4 Å². The fraction of sp³-hybridized carbons (Fsp3) is 0.278. The number of hydrogen-bond acceptors (Lipinski definition) is 3. The van der Waals surface area contributed by atoms with Crippen LogP contribution in [0, 0.1) is 6.92 Å². The molecule has 128 valence electrons. The van der Waals surface area contributed by atoms with Gasteiger partial charge in [0.1, 0.15) is 5.75 Å². The van der Waals surface area contributed by atoms with Gasteiger partial charge in [0.05, 0.1) is 0 Å². The first kappa shape index (κ1) is 17.9. The Morgan fingerprint density at radius 2 is 1.71 bits per heavy atom. The molecule has 0 aliphatic rings. The number of carbonyl (C=O) groups excluding carboxylic acids is 1. The molecular formula is C18H20F2N2O2. The summed E-state index contributed by atoms with van der Waals surface area (Å²) in [5.74, 6) is 0.0319. The maximum Gasteiger partial charge on any atom is 0.387 e. The zero-order chi connectivity index (χ0) is 17.4. The van der Waals surface area contributed by atoms with Crippen molar-refractivity contribution in [1.82, 2.24) is 10.6 Å². The van der Waals surface area contributed by atoms with E-state index in [1.54, 1.807) is 24.3 Å². The molecule has 0 saturated carbocycles. The van der Waals surface area contributed by atoms with E-state index in [0.29, 0.717) is 25.2 Å². The monoisotopic (exact) mass is 334 g/mol. The molecule has 0 aliphatic carbocycles. The number of alkyl halides is 2. The highest BCUT2D eigenvalue weighted by atomic mass is 19.3. The quantitative estimate of drug-likeness (QED) is 0.729. The first-order valence-electron chi connectivity index (χ1n) is 7.64. The van der Waals surface area contributed by atoms with Crippen LogP contribution in [-0.2, 0) is 6.54 Å². The van der Waals surface area contributed by atoms with Gasteiger partial charge in [0, 0.05) is 25.2 Å². The van der Waals surface area contributed by atoms with Crippen LogP contribution in [0.1, 0.15) is 21.5 Å². The molecular weight excluding hydrogens is 314 g/mol. The van der Waals surface area contributed by atoms with Crippen LogP contribution in [0.4, 0.5) is 8.78 Å². The van der Waals surface area contributed by atoms with Gasteiger partial charge >= 0.3 is 6.61 Å². The molecule has 0 saturated heterocycles. The zero-order valence-corrected chi connectivity index (χ0v) is 13.4. The lowest BCUT2D eigenvalue weighted by atomic mass is 10.1. The topological polar surface area (TPSA) is 50.4 Å². The zero-order valence-electron chi connectivity index (χ0n) is 13.4. The third kappa shape index (κ3) is 5.96. The van der Waals surface area contributed by atoms with Crippen molar-refractivity contribution in [3.63, 3.8) is 0 Å². The van der Waals surface area contributed by atoms with Crippen molar-refractivity contribution in [3.05, 3.63) is 65.2 Å². The van der Waals surface area contributed by atoms with Crippen molar-refractivity contribution in [2.24, 2.45) is 0 Å². The second-order valence-electron chi connectivity index (χ2n) is 5.32. The minimum Gasteiger partial charge on any atom is -0.435 e. The van der Waals surface area contributed by atoms with Gasteiger partial charge in [0.25, 0.3) is 5.91 Å². The Morgan fingerprint density at radius 1 is 1.04 bits per heavy atom. The molecule has 6 heteroatoms. The standard InChI is InChI=1S/C18H20F2N2O2/c1-13-2-6-15(7-3-13)17(23)22-11-10-21-12-14-4-8-16(9-5-14)24-18(19)20/h2-9,18,21H,10-12H2,1H3,(H,22,23). The molecule has 2 N–H and O–H groups in total. The number of hydrogen-bond donors (Lipinski definition) is 2. The molecule has 0 heterocycles. The molecule has 2 aromatic carbocycles. The number of halogens is 2. The predicted octanol–water partition coefficient (Wildman–Crippen LogP) is 3.12. The Hall–Kier alpha value is -2.47. The summed E-state index contributed by atoms with van der Waals surface area (Å²) in [7, 11) is 0. The minimum atomic E-state index is -2.81. The molecule has 0 bridgehead atoms. The molecule has 0 aliphatic heterocycles. The maximum absolute atomic E-state index is 12.0. The largest absolute Gasteiger partial charge is 0.435 e. The number of rotatable bonds is 8. The van der Waals surface area contributed by atoms with E-state index in [9.17, 15) is 13.6 Å². The number of nitrogens with one attached hydrogen (secondary N) is 2. The van der Waals surface area contributed by atoms with Gasteiger partial charge in [-0.1, -0.05) is 29.8 Å². The summed E-state index contributed by atoms with van der Waals surface area (Å²) in [6.07, 6.45) is 0. The fourth-order valence-corrected chi connectivity index (χ4v) is 2.09. The number of amides is 1. The van der Waals surface area contributed by atoms with Gasteiger partial charge in [-0.05, 0) is 36.8 Å². The lowest BCUT2D eigenvalue weighted by molar-refractivity contribution is -0.0498. The van der Waals surface area contributed by atoms with Gasteiger partial charge in [-0.15, -0.1) is 0 Å². The highest BCUT2D eigenvalue weighted by molar-refractivity contribution is 5.94. The third-order valence-corrected chi connectivity index (χ3v) is 3.38. The van der Waals surface area contributed by atoms with Crippen molar-refractivity contribution in [1.29, 1.82) is 0 Å². The number of ether oxygens (including phenoxy) is 1. The van der Waals surface area contributed by atoms with Gasteiger partial charge in [0.15, 0.2) is 0 Å². The third-order valence-electron chi connectivity index (χ3n) is 3.38. The molecule has 24 heavy (non-hydrogen) atoms. The lowest BCUT2D eigenvalue weighted by Crippen LogP contribution is -2.31. The Labute approximate surface area is 139 Å². The Kier molecular flexibility index (Phi) is 6.69. The van der Waals surface area contributed by atoms with Gasteiger partial charge in [-0.2, -0.15) is 8.78 Å². The van der Waals surface area contributed by atoms with E-state index < -0.39 is 6.61 Å². The minimum absolute atomic E-state index is 0.106. The molecule has 0 radical (unpaired) electrons. The van der Waals surface area contributed by atoms with Crippen molar-refractivity contribution < 1.29 is 18.3 Å². The summed E-state index contributed by atoms with van der Waals surface area (Å²) in [6.45, 7) is 0.838. The van der Waals surface area contributed by atoms with Crippen LogP contribution >= 0.6 is 0 Å². The SMILES string of the molecule is Cc1ccc(C(=O)NCCNCc2ccc(OC(F)F)cc2)cc1. The van der Waals surface area contributed by atoms with E-state index in [1.807, 2.05) is 19.1 Å². The lowest BCUT2D eigenvalue weighted by Gasteiger charge is -2.08. The molecule has 0 unspecified atom stereocenters. The van der Waals surface area contributed by atoms with Gasteiger partial charge in [-0.3, -0.25) is 4.79 Å². The summed E-state index contributed by atoms with van der Waals surface area (Å²) >= 11 is 0. The smallest absolute Gasteiger partial charge is 0.387 e. The maximum atomic E-state index is 12.0. The van der Waals surface area contributed by atoms with Crippen LogP contribution in [-0.4, -0.2) is 25.6 Å². The van der Waals surface area contributed by atoms with Crippen molar-refractivity contribution in [2.75, 3.05) is 13.1 Å². The average molecular weight is 334 g/mol. The summed E-state index contributed by atoms with van der Waals surface area (Å²) in [5.41, 5.74) is 2.69. The molecule has 2 rings (SSSR count). The Bertz CT molecular complexity index is 643. The second-order valence-corrected chi connectivity index (χ2v) is 5.32. The Balaban J connectivity index is 1.66. The molecule has 0 atom stereocenters. The average Bonchev–Trinajstić information content (AvgIpc) is 2.56. The van der Waals surface area contributed by atoms with E-state index in [-0.39, 0.29) is 11.7 Å². The van der Waals surface area contributed by atoms with Gasteiger partial charge in [0.2, 0.25) is 0 Å². The van der Waals surface area contributed by atoms with Crippen LogP contribution in [0.2, 0.25) is 0 Å². The molecule has 0 aromatic heterocycles. The number of benzene rings is 2. The number of carbonyl (C=O) groups is 1. The molecule has 0 fully saturated rings. The van der Waals surface area contributed by atoms with E-state index in [0.717, 1.165) is 11.1 Å². The van der Waals surface area contributed by atoms with Crippen molar-refractivity contribution in [3.8, 4) is 5.75 Å². The summed E-state index contributed by atoms with van der Waals surface area (Å²) < 4.78 is 28.4. The Morgan fingerprint density at radius 3 is 2.33 bits per heavy atom. The predicted molar refractivity (Wildman–Crippen MR) is 88.3 cm³/mol. The van der Waals surface area contributed by atoms with Crippen molar-refractivity contribution in [2.45, 2.75) is 20.1 Å². The van der Waals surface area contributed by atoms with Crippen LogP contribution in [0.15, 0.2) is 48.5 Å². The van der Waals surface area contributed by atoms with Crippen molar-refractivity contribution >= 4 is 5.91 Å². The molecule has 0 spiro atoms. The van der Waals surface area contributed by atoms with Gasteiger partial charge in [-0.25, -0.2) is 0 Å². The van der Waals surface area contributed by atoms with E-state index >= 15 is 0 Å². The highest BCUT2D eigenvalue weighted by Crippen LogP contribution is 2.14. The summed E-state index contributed by atoms with van der Waals surface area (Å²) in [6, 6.07) is 13.8. The van der Waals surface area contributed by atoms with E-state index in [2.05, 4.69) is 15.4 Å². The molecule has 2 aromatic rings. The second kappa shape index (κ2) is 8.98. The van der Waals surface area contributed by atoms with Crippen LogP contribution in [0.3, 0.4) is 0 Å². The molecule has 4 nitrogen and oxygen atoms in total. The normalized spacial score (nSPS) is 10.7. The summed E-state index contributed by atoms with van der Waals surface area (Å²) in [5, 5.41) is 6.00.